The van der Waals surface area contributed by atoms with Crippen LogP contribution in [0.15, 0.2) is 0 Å². The molecule has 0 radical (unpaired) electrons. The third kappa shape index (κ3) is 2.87. The molecule has 0 bridgehead atoms. The zero-order valence-electron chi connectivity index (χ0n) is 14.5. The highest BCUT2D eigenvalue weighted by molar-refractivity contribution is 6.70. The van der Waals surface area contributed by atoms with Crippen molar-refractivity contribution in [2.45, 2.75) is 89.1 Å². The van der Waals surface area contributed by atoms with Crippen LogP contribution in [0.25, 0.3) is 0 Å². The highest BCUT2D eigenvalue weighted by Gasteiger charge is 2.66. The molecule has 0 aromatic rings. The Kier molecular flexibility index (Phi) is 5.01. The summed E-state index contributed by atoms with van der Waals surface area (Å²) in [6, 6.07) is 0. The number of methoxy groups -OCH3 is 1. The molecule has 21 heavy (non-hydrogen) atoms. The molecule has 3 nitrogen and oxygen atoms in total. The van der Waals surface area contributed by atoms with Crippen LogP contribution in [0, 0.1) is 5.92 Å². The molecule has 3 atom stereocenters. The van der Waals surface area contributed by atoms with Crippen LogP contribution in [0.3, 0.4) is 0 Å². The lowest BCUT2D eigenvalue weighted by atomic mass is 9.57. The fraction of sp³-hybridized carbons (Fsp3) is 0.941. The minimum Gasteiger partial charge on any atom is -0.403 e. The first-order chi connectivity index (χ1) is 9.81. The average molecular weight is 313 g/mol. The van der Waals surface area contributed by atoms with Gasteiger partial charge in [-0.1, -0.05) is 26.2 Å². The van der Waals surface area contributed by atoms with Gasteiger partial charge in [-0.15, -0.1) is 0 Å². The number of hydrogen-bond donors (Lipinski definition) is 0. The van der Waals surface area contributed by atoms with Gasteiger partial charge in [-0.2, -0.15) is 0 Å². The number of ether oxygens (including phenoxy) is 1. The first kappa shape index (κ1) is 17.2. The molecule has 4 heteroatoms. The maximum atomic E-state index is 12.7. The molecule has 2 saturated carbocycles. The molecule has 0 saturated heterocycles. The summed E-state index contributed by atoms with van der Waals surface area (Å²) in [5, 5.41) is 0. The second-order valence-corrected chi connectivity index (χ2v) is 12.2. The molecule has 0 heterocycles. The number of Topliss-reactive ketones (excluding diaryl/α,β-unsaturated/α-hetero) is 1. The van der Waals surface area contributed by atoms with E-state index in [4.69, 9.17) is 9.16 Å². The fourth-order valence-electron chi connectivity index (χ4n) is 4.53. The smallest absolute Gasteiger partial charge is 0.185 e. The van der Waals surface area contributed by atoms with Gasteiger partial charge < -0.3 is 9.16 Å². The first-order valence-electron chi connectivity index (χ1n) is 8.60. The molecule has 0 spiro atoms. The Morgan fingerprint density at radius 1 is 1.24 bits per heavy atom. The van der Waals surface area contributed by atoms with Crippen LogP contribution in [0.4, 0.5) is 0 Å². The summed E-state index contributed by atoms with van der Waals surface area (Å²) in [7, 11) is -0.00429. The molecule has 0 aliphatic heterocycles. The van der Waals surface area contributed by atoms with Crippen molar-refractivity contribution >= 4 is 14.1 Å². The van der Waals surface area contributed by atoms with Gasteiger partial charge in [0.25, 0.3) is 0 Å². The van der Waals surface area contributed by atoms with Gasteiger partial charge in [0.1, 0.15) is 11.2 Å². The van der Waals surface area contributed by atoms with Crippen molar-refractivity contribution in [1.29, 1.82) is 0 Å². The topological polar surface area (TPSA) is 35.5 Å². The van der Waals surface area contributed by atoms with Gasteiger partial charge in [0.05, 0.1) is 0 Å². The lowest BCUT2D eigenvalue weighted by Crippen LogP contribution is -2.72. The van der Waals surface area contributed by atoms with Crippen LogP contribution in [0.1, 0.15) is 58.3 Å². The quantitative estimate of drug-likeness (QED) is 0.685. The summed E-state index contributed by atoms with van der Waals surface area (Å²) in [5.74, 6) is 0.747. The van der Waals surface area contributed by atoms with Crippen LogP contribution < -0.4 is 0 Å². The van der Waals surface area contributed by atoms with Gasteiger partial charge in [0.2, 0.25) is 0 Å². The average Bonchev–Trinajstić information content (AvgIpc) is 2.43. The number of ketones is 1. The standard InChI is InChI=1S/C17H32O3Si/c1-6-9-14-10-7-8-12-16(14,19-2)17(13-11-15(17)18)20-21(3,4)5/h14H,6-13H2,1-5H3. The SMILES string of the molecule is CCCC1CCCCC1(OC)C1(O[Si](C)(C)C)CCC1=O. The maximum absolute atomic E-state index is 12.7. The minimum atomic E-state index is -1.80. The van der Waals surface area contributed by atoms with Crippen LogP contribution in [-0.4, -0.2) is 32.4 Å². The normalized spacial score (nSPS) is 37.4. The number of rotatable bonds is 6. The molecule has 3 unspecified atom stereocenters. The van der Waals surface area contributed by atoms with Crippen LogP contribution >= 0.6 is 0 Å². The molecular weight excluding hydrogens is 280 g/mol. The van der Waals surface area contributed by atoms with Crippen LogP contribution in [-0.2, 0) is 14.0 Å². The Bertz CT molecular complexity index is 388. The molecule has 2 fully saturated rings. The molecule has 2 aliphatic carbocycles. The van der Waals surface area contributed by atoms with Crippen molar-refractivity contribution < 1.29 is 14.0 Å². The summed E-state index contributed by atoms with van der Waals surface area (Å²) in [6.07, 6.45) is 8.35. The summed E-state index contributed by atoms with van der Waals surface area (Å²) in [5.41, 5.74) is -1.02. The lowest BCUT2D eigenvalue weighted by Gasteiger charge is -2.59. The monoisotopic (exact) mass is 312 g/mol. The highest BCUT2D eigenvalue weighted by atomic mass is 28.4. The minimum absolute atomic E-state index is 0.287. The molecule has 122 valence electrons. The molecule has 2 aliphatic rings. The first-order valence-corrected chi connectivity index (χ1v) is 12.0. The second-order valence-electron chi connectivity index (χ2n) is 7.79. The zero-order chi connectivity index (χ0) is 15.7. The van der Waals surface area contributed by atoms with Crippen molar-refractivity contribution in [3.63, 3.8) is 0 Å². The van der Waals surface area contributed by atoms with Crippen molar-refractivity contribution in [2.75, 3.05) is 7.11 Å². The molecule has 2 rings (SSSR count). The van der Waals surface area contributed by atoms with E-state index in [-0.39, 0.29) is 11.4 Å². The third-order valence-electron chi connectivity index (χ3n) is 5.33. The molecule has 0 aromatic carbocycles. The highest BCUT2D eigenvalue weighted by Crippen LogP contribution is 2.54. The largest absolute Gasteiger partial charge is 0.403 e. The summed E-state index contributed by atoms with van der Waals surface area (Å²) >= 11 is 0. The molecular formula is C17H32O3Si. The molecule has 0 N–H and O–H groups in total. The van der Waals surface area contributed by atoms with Gasteiger partial charge in [-0.05, 0) is 51.2 Å². The fourth-order valence-corrected chi connectivity index (χ4v) is 5.96. The Morgan fingerprint density at radius 3 is 2.38 bits per heavy atom. The second kappa shape index (κ2) is 6.13. The van der Waals surface area contributed by atoms with Gasteiger partial charge in [-0.25, -0.2) is 0 Å². The Morgan fingerprint density at radius 2 is 1.95 bits per heavy atom. The summed E-state index contributed by atoms with van der Waals surface area (Å²) in [4.78, 5) is 12.7. The maximum Gasteiger partial charge on any atom is 0.185 e. The van der Waals surface area contributed by atoms with Crippen molar-refractivity contribution in [1.82, 2.24) is 0 Å². The Labute approximate surface area is 130 Å². The molecule has 0 amide bonds. The van der Waals surface area contributed by atoms with E-state index >= 15 is 0 Å². The van der Waals surface area contributed by atoms with E-state index in [1.165, 1.54) is 12.8 Å². The zero-order valence-corrected chi connectivity index (χ0v) is 15.5. The van der Waals surface area contributed by atoms with E-state index in [9.17, 15) is 4.79 Å². The number of hydrogen-bond acceptors (Lipinski definition) is 3. The Balaban J connectivity index is 2.40. The predicted molar refractivity (Wildman–Crippen MR) is 88.0 cm³/mol. The van der Waals surface area contributed by atoms with Crippen molar-refractivity contribution in [2.24, 2.45) is 5.92 Å². The van der Waals surface area contributed by atoms with Crippen molar-refractivity contribution in [3.05, 3.63) is 0 Å². The van der Waals surface area contributed by atoms with Gasteiger partial charge in [0, 0.05) is 13.5 Å². The van der Waals surface area contributed by atoms with E-state index in [0.717, 1.165) is 32.1 Å². The van der Waals surface area contributed by atoms with E-state index < -0.39 is 13.9 Å². The predicted octanol–water partition coefficient (Wildman–Crippen LogP) is 4.32. The third-order valence-corrected chi connectivity index (χ3v) is 6.29. The van der Waals surface area contributed by atoms with E-state index in [0.29, 0.717) is 12.3 Å². The number of carbonyl (C=O) groups excluding carboxylic acids is 1. The Hall–Kier alpha value is -0.193. The number of carbonyl (C=O) groups is 1. The van der Waals surface area contributed by atoms with Crippen LogP contribution in [0.2, 0.25) is 19.6 Å². The summed E-state index contributed by atoms with van der Waals surface area (Å²) < 4.78 is 12.7. The lowest BCUT2D eigenvalue weighted by molar-refractivity contribution is -0.223. The van der Waals surface area contributed by atoms with E-state index in [1.807, 2.05) is 0 Å². The van der Waals surface area contributed by atoms with Crippen LogP contribution in [0.5, 0.6) is 0 Å². The van der Waals surface area contributed by atoms with E-state index in [2.05, 4.69) is 26.6 Å². The van der Waals surface area contributed by atoms with Gasteiger partial charge >= 0.3 is 0 Å². The van der Waals surface area contributed by atoms with Gasteiger partial charge in [0.15, 0.2) is 14.1 Å². The van der Waals surface area contributed by atoms with Crippen molar-refractivity contribution in [3.8, 4) is 0 Å². The molecule has 0 aromatic heterocycles. The van der Waals surface area contributed by atoms with E-state index in [1.54, 1.807) is 7.11 Å². The van der Waals surface area contributed by atoms with Gasteiger partial charge in [-0.3, -0.25) is 4.79 Å². The summed E-state index contributed by atoms with van der Waals surface area (Å²) in [6.45, 7) is 8.77.